The number of aromatic nitrogens is 1. The molecule has 0 atom stereocenters. The standard InChI is InChI=1S/C19H17N3O2S/c1-13-4-3-5-16(10-13)18(23)24-17-8-6-15(7-9-17)11-20-22-19-21-14(2)12-25-19/h3-12H,1-2H3,(H,21,22)/b20-11-. The van der Waals surface area contributed by atoms with E-state index < -0.39 is 0 Å². The van der Waals surface area contributed by atoms with E-state index in [1.165, 1.54) is 11.3 Å². The predicted octanol–water partition coefficient (Wildman–Crippen LogP) is 4.43. The highest BCUT2D eigenvalue weighted by Crippen LogP contribution is 2.16. The lowest BCUT2D eigenvalue weighted by Crippen LogP contribution is -2.08. The molecule has 3 aromatic rings. The summed E-state index contributed by atoms with van der Waals surface area (Å²) in [6.45, 7) is 3.87. The number of anilines is 1. The normalized spacial score (nSPS) is 10.8. The summed E-state index contributed by atoms with van der Waals surface area (Å²) in [5.74, 6) is 0.123. The van der Waals surface area contributed by atoms with Gasteiger partial charge in [0.15, 0.2) is 0 Å². The van der Waals surface area contributed by atoms with E-state index in [4.69, 9.17) is 4.74 Å². The fourth-order valence-corrected chi connectivity index (χ4v) is 2.76. The summed E-state index contributed by atoms with van der Waals surface area (Å²) < 4.78 is 5.38. The maximum Gasteiger partial charge on any atom is 0.343 e. The van der Waals surface area contributed by atoms with Crippen molar-refractivity contribution in [2.45, 2.75) is 13.8 Å². The molecule has 0 radical (unpaired) electrons. The van der Waals surface area contributed by atoms with Crippen LogP contribution in [-0.2, 0) is 0 Å². The van der Waals surface area contributed by atoms with Gasteiger partial charge in [0.05, 0.1) is 17.5 Å². The number of nitrogens with one attached hydrogen (secondary N) is 1. The Kier molecular flexibility index (Phi) is 5.20. The van der Waals surface area contributed by atoms with Gasteiger partial charge in [-0.25, -0.2) is 9.78 Å². The number of hydrogen-bond donors (Lipinski definition) is 1. The molecule has 0 aliphatic heterocycles. The third-order valence-electron chi connectivity index (χ3n) is 3.34. The molecule has 0 aliphatic carbocycles. The molecule has 1 heterocycles. The van der Waals surface area contributed by atoms with Gasteiger partial charge >= 0.3 is 5.97 Å². The zero-order valence-electron chi connectivity index (χ0n) is 13.9. The molecule has 126 valence electrons. The molecule has 0 saturated heterocycles. The monoisotopic (exact) mass is 351 g/mol. The van der Waals surface area contributed by atoms with E-state index in [1.54, 1.807) is 30.5 Å². The van der Waals surface area contributed by atoms with Gasteiger partial charge in [-0.2, -0.15) is 5.10 Å². The van der Waals surface area contributed by atoms with E-state index in [2.05, 4.69) is 15.5 Å². The number of rotatable bonds is 5. The minimum atomic E-state index is -0.370. The average molecular weight is 351 g/mol. The topological polar surface area (TPSA) is 63.6 Å². The molecule has 2 aromatic carbocycles. The summed E-state index contributed by atoms with van der Waals surface area (Å²) in [7, 11) is 0. The molecular weight excluding hydrogens is 334 g/mol. The van der Waals surface area contributed by atoms with E-state index in [0.29, 0.717) is 11.3 Å². The Balaban J connectivity index is 1.59. The van der Waals surface area contributed by atoms with E-state index in [1.807, 2.05) is 43.5 Å². The van der Waals surface area contributed by atoms with Gasteiger partial charge < -0.3 is 4.74 Å². The highest BCUT2D eigenvalue weighted by atomic mass is 32.1. The Bertz CT molecular complexity index is 901. The van der Waals surface area contributed by atoms with Crippen molar-refractivity contribution in [1.82, 2.24) is 4.98 Å². The number of hydrogen-bond acceptors (Lipinski definition) is 6. The van der Waals surface area contributed by atoms with Gasteiger partial charge in [0, 0.05) is 5.38 Å². The quantitative estimate of drug-likeness (QED) is 0.320. The van der Waals surface area contributed by atoms with Crippen molar-refractivity contribution >= 4 is 28.7 Å². The largest absolute Gasteiger partial charge is 0.423 e. The van der Waals surface area contributed by atoms with Crippen molar-refractivity contribution in [2.75, 3.05) is 5.43 Å². The molecule has 0 fully saturated rings. The molecule has 6 heteroatoms. The van der Waals surface area contributed by atoms with Crippen molar-refractivity contribution < 1.29 is 9.53 Å². The SMILES string of the molecule is Cc1cccc(C(=O)Oc2ccc(/C=N\Nc3nc(C)cs3)cc2)c1. The van der Waals surface area contributed by atoms with E-state index >= 15 is 0 Å². The molecule has 25 heavy (non-hydrogen) atoms. The third kappa shape index (κ3) is 4.74. The first-order valence-electron chi connectivity index (χ1n) is 7.70. The lowest BCUT2D eigenvalue weighted by atomic mass is 10.1. The lowest BCUT2D eigenvalue weighted by molar-refractivity contribution is 0.0734. The summed E-state index contributed by atoms with van der Waals surface area (Å²) in [6, 6.07) is 14.4. The Morgan fingerprint density at radius 2 is 2.00 bits per heavy atom. The number of nitrogens with zero attached hydrogens (tertiary/aromatic N) is 2. The molecule has 0 bridgehead atoms. The number of carbonyl (C=O) groups excluding carboxylic acids is 1. The average Bonchev–Trinajstić information content (AvgIpc) is 3.02. The summed E-state index contributed by atoms with van der Waals surface area (Å²) >= 11 is 1.50. The summed E-state index contributed by atoms with van der Waals surface area (Å²) in [4.78, 5) is 16.4. The molecule has 5 nitrogen and oxygen atoms in total. The number of carbonyl (C=O) groups is 1. The lowest BCUT2D eigenvalue weighted by Gasteiger charge is -2.05. The van der Waals surface area contributed by atoms with E-state index in [-0.39, 0.29) is 5.97 Å². The van der Waals surface area contributed by atoms with Gasteiger partial charge in [0.1, 0.15) is 5.75 Å². The number of aryl methyl sites for hydroxylation is 2. The van der Waals surface area contributed by atoms with Crippen LogP contribution in [0.4, 0.5) is 5.13 Å². The van der Waals surface area contributed by atoms with Gasteiger partial charge in [-0.15, -0.1) is 11.3 Å². The molecule has 0 unspecified atom stereocenters. The van der Waals surface area contributed by atoms with Crippen LogP contribution in [0.1, 0.15) is 27.2 Å². The van der Waals surface area contributed by atoms with E-state index in [9.17, 15) is 4.79 Å². The number of esters is 1. The molecule has 0 spiro atoms. The van der Waals surface area contributed by atoms with Crippen LogP contribution in [0.5, 0.6) is 5.75 Å². The molecule has 1 aromatic heterocycles. The summed E-state index contributed by atoms with van der Waals surface area (Å²) in [6.07, 6.45) is 1.68. The summed E-state index contributed by atoms with van der Waals surface area (Å²) in [5, 5.41) is 6.84. The molecular formula is C19H17N3O2S. The molecule has 0 amide bonds. The van der Waals surface area contributed by atoms with Crippen molar-refractivity contribution in [1.29, 1.82) is 0 Å². The summed E-state index contributed by atoms with van der Waals surface area (Å²) in [5.41, 5.74) is 6.28. The molecule has 3 rings (SSSR count). The van der Waals surface area contributed by atoms with Crippen LogP contribution in [-0.4, -0.2) is 17.2 Å². The van der Waals surface area contributed by atoms with Crippen LogP contribution in [0.15, 0.2) is 59.0 Å². The highest BCUT2D eigenvalue weighted by molar-refractivity contribution is 7.13. The number of benzene rings is 2. The molecule has 1 N–H and O–H groups in total. The number of hydrazone groups is 1. The van der Waals surface area contributed by atoms with Crippen LogP contribution in [0.2, 0.25) is 0 Å². The van der Waals surface area contributed by atoms with Crippen molar-refractivity contribution in [2.24, 2.45) is 5.10 Å². The van der Waals surface area contributed by atoms with Gasteiger partial charge in [0.2, 0.25) is 5.13 Å². The predicted molar refractivity (Wildman–Crippen MR) is 101 cm³/mol. The first kappa shape index (κ1) is 16.9. The van der Waals surface area contributed by atoms with Gasteiger partial charge in [-0.3, -0.25) is 5.43 Å². The maximum absolute atomic E-state index is 12.1. The second-order valence-corrected chi connectivity index (χ2v) is 6.35. The van der Waals surface area contributed by atoms with Crippen LogP contribution < -0.4 is 10.2 Å². The van der Waals surface area contributed by atoms with E-state index in [0.717, 1.165) is 22.0 Å². The van der Waals surface area contributed by atoms with Crippen molar-refractivity contribution in [3.63, 3.8) is 0 Å². The van der Waals surface area contributed by atoms with Crippen molar-refractivity contribution in [3.05, 3.63) is 76.3 Å². The first-order chi connectivity index (χ1) is 12.1. The Labute approximate surface area is 150 Å². The zero-order chi connectivity index (χ0) is 17.6. The van der Waals surface area contributed by atoms with Crippen LogP contribution in [0.25, 0.3) is 0 Å². The first-order valence-corrected chi connectivity index (χ1v) is 8.58. The van der Waals surface area contributed by atoms with Gasteiger partial charge in [0.25, 0.3) is 0 Å². The maximum atomic E-state index is 12.1. The zero-order valence-corrected chi connectivity index (χ0v) is 14.7. The van der Waals surface area contributed by atoms with Gasteiger partial charge in [-0.05, 0) is 55.8 Å². The minimum absolute atomic E-state index is 0.370. The molecule has 0 saturated carbocycles. The Morgan fingerprint density at radius 3 is 2.68 bits per heavy atom. The second kappa shape index (κ2) is 7.72. The fourth-order valence-electron chi connectivity index (χ4n) is 2.13. The fraction of sp³-hybridized carbons (Fsp3) is 0.105. The highest BCUT2D eigenvalue weighted by Gasteiger charge is 2.08. The molecule has 0 aliphatic rings. The number of thiazole rings is 1. The van der Waals surface area contributed by atoms with Crippen molar-refractivity contribution in [3.8, 4) is 5.75 Å². The Morgan fingerprint density at radius 1 is 1.20 bits per heavy atom. The minimum Gasteiger partial charge on any atom is -0.423 e. The van der Waals surface area contributed by atoms with Crippen LogP contribution in [0, 0.1) is 13.8 Å². The second-order valence-electron chi connectivity index (χ2n) is 5.49. The Hall–Kier alpha value is -2.99. The third-order valence-corrected chi connectivity index (χ3v) is 4.20. The van der Waals surface area contributed by atoms with Gasteiger partial charge in [-0.1, -0.05) is 17.7 Å². The van der Waals surface area contributed by atoms with Crippen LogP contribution in [0.3, 0.4) is 0 Å². The number of ether oxygens (including phenoxy) is 1. The smallest absolute Gasteiger partial charge is 0.343 e. The van der Waals surface area contributed by atoms with Crippen LogP contribution >= 0.6 is 11.3 Å².